The molecule has 1 atom stereocenters. The van der Waals surface area contributed by atoms with Crippen molar-refractivity contribution in [3.63, 3.8) is 0 Å². The maximum Gasteiger partial charge on any atom is 0.461 e. The number of carbonyl (C=O) groups is 1. The lowest BCUT2D eigenvalue weighted by Crippen LogP contribution is -2.33. The summed E-state index contributed by atoms with van der Waals surface area (Å²) < 4.78 is 88.3. The molecule has 0 fully saturated rings. The molecule has 2 rings (SSSR count). The van der Waals surface area contributed by atoms with Gasteiger partial charge < -0.3 is 14.8 Å². The van der Waals surface area contributed by atoms with E-state index in [4.69, 9.17) is 4.74 Å². The van der Waals surface area contributed by atoms with E-state index in [9.17, 15) is 31.1 Å². The molecule has 176 valence electrons. The van der Waals surface area contributed by atoms with E-state index in [0.717, 1.165) is 18.2 Å². The van der Waals surface area contributed by atoms with E-state index in [0.29, 0.717) is 11.6 Å². The summed E-state index contributed by atoms with van der Waals surface area (Å²) >= 11 is 0. The lowest BCUT2D eigenvalue weighted by molar-refractivity contribution is -0.253. The fourth-order valence-electron chi connectivity index (χ4n) is 2.77. The first-order valence-corrected chi connectivity index (χ1v) is 9.58. The van der Waals surface area contributed by atoms with Gasteiger partial charge >= 0.3 is 18.6 Å². The summed E-state index contributed by atoms with van der Waals surface area (Å²) in [6, 6.07) is 6.55. The number of halogens is 6. The van der Waals surface area contributed by atoms with Crippen molar-refractivity contribution in [1.29, 1.82) is 0 Å². The summed E-state index contributed by atoms with van der Waals surface area (Å²) in [5.74, 6) is -3.00. The molecule has 0 saturated carbocycles. The maximum atomic E-state index is 14.2. The van der Waals surface area contributed by atoms with Crippen molar-refractivity contribution in [2.75, 3.05) is 0 Å². The molecule has 2 aromatic carbocycles. The number of alkyl carbamates (subject to hydrolysis) is 1. The number of nitrogens with one attached hydrogen (secondary N) is 1. The highest BCUT2D eigenvalue weighted by atomic mass is 19.3. The first-order chi connectivity index (χ1) is 14.7. The Kier molecular flexibility index (Phi) is 7.69. The summed E-state index contributed by atoms with van der Waals surface area (Å²) in [7, 11) is 0. The SMILES string of the molecule is CC(c1cc(F)cc(OC(F)(F)C(F)F)c1)c1ccc(F)c(CNC(=O)OC(C)(C)C)c1. The lowest BCUT2D eigenvalue weighted by atomic mass is 9.91. The normalized spacial score (nSPS) is 13.1. The third-order valence-electron chi connectivity index (χ3n) is 4.29. The van der Waals surface area contributed by atoms with Gasteiger partial charge in [-0.3, -0.25) is 0 Å². The van der Waals surface area contributed by atoms with E-state index in [-0.39, 0.29) is 17.7 Å². The minimum Gasteiger partial charge on any atom is -0.444 e. The van der Waals surface area contributed by atoms with Gasteiger partial charge in [-0.1, -0.05) is 19.1 Å². The predicted molar refractivity (Wildman–Crippen MR) is 105 cm³/mol. The monoisotopic (exact) mass is 463 g/mol. The standard InChI is InChI=1S/C22H23F6NO3/c1-12(14-8-16(23)10-17(9-14)31-22(27,28)19(25)26)13-5-6-18(24)15(7-13)11-29-20(30)32-21(2,3)4/h5-10,12,19H,11H2,1-4H3,(H,29,30). The second-order valence-electron chi connectivity index (χ2n) is 8.11. The Labute approximate surface area is 181 Å². The van der Waals surface area contributed by atoms with Crippen LogP contribution in [0.1, 0.15) is 50.3 Å². The Morgan fingerprint density at radius 2 is 1.69 bits per heavy atom. The van der Waals surface area contributed by atoms with Crippen LogP contribution in [-0.2, 0) is 11.3 Å². The molecule has 4 nitrogen and oxygen atoms in total. The zero-order valence-corrected chi connectivity index (χ0v) is 17.8. The van der Waals surface area contributed by atoms with Crippen LogP contribution in [0.2, 0.25) is 0 Å². The molecular formula is C22H23F6NO3. The molecule has 0 bridgehead atoms. The summed E-state index contributed by atoms with van der Waals surface area (Å²) in [6.07, 6.45) is -9.63. The topological polar surface area (TPSA) is 47.6 Å². The van der Waals surface area contributed by atoms with E-state index in [2.05, 4.69) is 10.1 Å². The van der Waals surface area contributed by atoms with E-state index >= 15 is 0 Å². The van der Waals surface area contributed by atoms with E-state index < -0.39 is 47.5 Å². The summed E-state index contributed by atoms with van der Waals surface area (Å²) in [4.78, 5) is 11.8. The third kappa shape index (κ3) is 7.06. The maximum absolute atomic E-state index is 14.2. The lowest BCUT2D eigenvalue weighted by Gasteiger charge is -2.20. The van der Waals surface area contributed by atoms with Crippen LogP contribution < -0.4 is 10.1 Å². The van der Waals surface area contributed by atoms with Gasteiger partial charge in [-0.2, -0.15) is 17.6 Å². The zero-order chi connectivity index (χ0) is 24.3. The molecule has 10 heteroatoms. The van der Waals surface area contributed by atoms with Gasteiger partial charge in [0.1, 0.15) is 23.0 Å². The Morgan fingerprint density at radius 3 is 2.28 bits per heavy atom. The van der Waals surface area contributed by atoms with Crippen molar-refractivity contribution in [1.82, 2.24) is 5.32 Å². The number of amides is 1. The molecule has 32 heavy (non-hydrogen) atoms. The molecule has 0 aliphatic rings. The number of benzene rings is 2. The predicted octanol–water partition coefficient (Wildman–Crippen LogP) is 6.38. The van der Waals surface area contributed by atoms with Gasteiger partial charge in [-0.15, -0.1) is 0 Å². The molecule has 0 aliphatic heterocycles. The molecule has 0 radical (unpaired) electrons. The van der Waals surface area contributed by atoms with Crippen LogP contribution in [0.3, 0.4) is 0 Å². The van der Waals surface area contributed by atoms with Crippen LogP contribution in [0, 0.1) is 11.6 Å². The van der Waals surface area contributed by atoms with Crippen LogP contribution in [0.5, 0.6) is 5.75 Å². The number of hydrogen-bond donors (Lipinski definition) is 1. The summed E-state index contributed by atoms with van der Waals surface area (Å²) in [6.45, 7) is 6.40. The van der Waals surface area contributed by atoms with Gasteiger partial charge in [-0.05, 0) is 50.1 Å². The molecule has 0 aliphatic carbocycles. The van der Waals surface area contributed by atoms with Crippen LogP contribution in [0.4, 0.5) is 31.1 Å². The molecule has 1 amide bonds. The fraction of sp³-hybridized carbons (Fsp3) is 0.409. The average Bonchev–Trinajstić information content (AvgIpc) is 2.64. The largest absolute Gasteiger partial charge is 0.461 e. The van der Waals surface area contributed by atoms with Gasteiger partial charge in [0.15, 0.2) is 0 Å². The second-order valence-corrected chi connectivity index (χ2v) is 8.11. The third-order valence-corrected chi connectivity index (χ3v) is 4.29. The van der Waals surface area contributed by atoms with Crippen molar-refractivity contribution in [2.24, 2.45) is 0 Å². The Morgan fingerprint density at radius 1 is 1.03 bits per heavy atom. The van der Waals surface area contributed by atoms with Crippen molar-refractivity contribution in [3.8, 4) is 5.75 Å². The first kappa shape index (κ1) is 25.4. The van der Waals surface area contributed by atoms with Gasteiger partial charge in [0.25, 0.3) is 0 Å². The number of alkyl halides is 4. The molecule has 0 aromatic heterocycles. The van der Waals surface area contributed by atoms with Crippen molar-refractivity contribution in [2.45, 2.75) is 58.3 Å². The van der Waals surface area contributed by atoms with Gasteiger partial charge in [0, 0.05) is 24.1 Å². The molecule has 1 N–H and O–H groups in total. The fourth-order valence-corrected chi connectivity index (χ4v) is 2.77. The highest BCUT2D eigenvalue weighted by Crippen LogP contribution is 2.33. The minimum absolute atomic E-state index is 0.109. The highest BCUT2D eigenvalue weighted by molar-refractivity contribution is 5.67. The number of carbonyl (C=O) groups excluding carboxylic acids is 1. The molecule has 0 saturated heterocycles. The molecular weight excluding hydrogens is 440 g/mol. The van der Waals surface area contributed by atoms with E-state index in [1.54, 1.807) is 27.7 Å². The summed E-state index contributed by atoms with van der Waals surface area (Å²) in [5, 5.41) is 2.42. The number of ether oxygens (including phenoxy) is 2. The smallest absolute Gasteiger partial charge is 0.444 e. The van der Waals surface area contributed by atoms with E-state index in [1.807, 2.05) is 0 Å². The van der Waals surface area contributed by atoms with Crippen LogP contribution >= 0.6 is 0 Å². The van der Waals surface area contributed by atoms with Crippen LogP contribution in [0.25, 0.3) is 0 Å². The minimum atomic E-state index is -4.79. The number of rotatable bonds is 7. The summed E-state index contributed by atoms with van der Waals surface area (Å²) in [5.41, 5.74) is -0.0262. The molecule has 2 aromatic rings. The first-order valence-electron chi connectivity index (χ1n) is 9.58. The van der Waals surface area contributed by atoms with Crippen LogP contribution in [0.15, 0.2) is 36.4 Å². The number of hydrogen-bond acceptors (Lipinski definition) is 3. The van der Waals surface area contributed by atoms with Gasteiger partial charge in [0.05, 0.1) is 0 Å². The molecule has 0 spiro atoms. The highest BCUT2D eigenvalue weighted by Gasteiger charge is 2.44. The van der Waals surface area contributed by atoms with Gasteiger partial charge in [-0.25, -0.2) is 13.6 Å². The van der Waals surface area contributed by atoms with Crippen LogP contribution in [-0.4, -0.2) is 24.2 Å². The van der Waals surface area contributed by atoms with E-state index in [1.165, 1.54) is 12.1 Å². The van der Waals surface area contributed by atoms with Gasteiger partial charge in [0.2, 0.25) is 0 Å². The molecule has 0 heterocycles. The van der Waals surface area contributed by atoms with Crippen molar-refractivity contribution in [3.05, 3.63) is 64.7 Å². The Hall–Kier alpha value is -2.91. The Balaban J connectivity index is 2.23. The molecule has 1 unspecified atom stereocenters. The van der Waals surface area contributed by atoms with Crippen molar-refractivity contribution >= 4 is 6.09 Å². The zero-order valence-electron chi connectivity index (χ0n) is 17.8. The quantitative estimate of drug-likeness (QED) is 0.485. The average molecular weight is 463 g/mol. The Bertz CT molecular complexity index is 959. The second kappa shape index (κ2) is 9.70. The van der Waals surface area contributed by atoms with Crippen molar-refractivity contribution < 1.29 is 40.6 Å².